The van der Waals surface area contributed by atoms with Gasteiger partial charge in [-0.3, -0.25) is 4.79 Å². The van der Waals surface area contributed by atoms with Crippen molar-refractivity contribution in [3.05, 3.63) is 76.3 Å². The second-order valence-corrected chi connectivity index (χ2v) is 5.46. The molecule has 0 spiro atoms. The highest BCUT2D eigenvalue weighted by Crippen LogP contribution is 2.13. The van der Waals surface area contributed by atoms with Crippen molar-refractivity contribution >= 4 is 27.9 Å². The standard InChI is InChI=1S/C17H16BrNO2/c18-15-8-4-5-13(11-15)9-10-17(21)19-16(12-20)14-6-2-1-3-7-14/h1-11,16,20H,12H2,(H,19,21). The molecule has 0 saturated carbocycles. The van der Waals surface area contributed by atoms with Crippen LogP contribution in [0.5, 0.6) is 0 Å². The second kappa shape index (κ2) is 7.76. The largest absolute Gasteiger partial charge is 0.394 e. The molecular formula is C17H16BrNO2. The van der Waals surface area contributed by atoms with Gasteiger partial charge >= 0.3 is 0 Å². The van der Waals surface area contributed by atoms with Gasteiger partial charge in [-0.05, 0) is 29.3 Å². The summed E-state index contributed by atoms with van der Waals surface area (Å²) in [5, 5.41) is 12.2. The minimum Gasteiger partial charge on any atom is -0.394 e. The summed E-state index contributed by atoms with van der Waals surface area (Å²) < 4.78 is 0.961. The summed E-state index contributed by atoms with van der Waals surface area (Å²) in [6, 6.07) is 16.7. The quantitative estimate of drug-likeness (QED) is 0.816. The molecule has 1 amide bonds. The van der Waals surface area contributed by atoms with Gasteiger partial charge in [0.2, 0.25) is 5.91 Å². The monoisotopic (exact) mass is 345 g/mol. The lowest BCUT2D eigenvalue weighted by molar-refractivity contribution is -0.117. The van der Waals surface area contributed by atoms with E-state index in [0.29, 0.717) is 0 Å². The summed E-state index contributed by atoms with van der Waals surface area (Å²) >= 11 is 3.38. The van der Waals surface area contributed by atoms with E-state index < -0.39 is 6.04 Å². The first-order valence-electron chi connectivity index (χ1n) is 6.59. The molecule has 21 heavy (non-hydrogen) atoms. The van der Waals surface area contributed by atoms with Crippen molar-refractivity contribution in [1.82, 2.24) is 5.32 Å². The van der Waals surface area contributed by atoms with Crippen LogP contribution in [0.15, 0.2) is 65.1 Å². The first-order chi connectivity index (χ1) is 10.2. The highest BCUT2D eigenvalue weighted by molar-refractivity contribution is 9.10. The van der Waals surface area contributed by atoms with Crippen LogP contribution in [0.4, 0.5) is 0 Å². The van der Waals surface area contributed by atoms with Gasteiger partial charge in [0.15, 0.2) is 0 Å². The Morgan fingerprint density at radius 2 is 1.95 bits per heavy atom. The van der Waals surface area contributed by atoms with Crippen LogP contribution in [0, 0.1) is 0 Å². The lowest BCUT2D eigenvalue weighted by Crippen LogP contribution is -2.29. The normalized spacial score (nSPS) is 12.3. The first-order valence-corrected chi connectivity index (χ1v) is 7.38. The Labute approximate surface area is 132 Å². The molecule has 2 N–H and O–H groups in total. The fourth-order valence-corrected chi connectivity index (χ4v) is 2.34. The zero-order valence-electron chi connectivity index (χ0n) is 11.4. The maximum absolute atomic E-state index is 11.9. The van der Waals surface area contributed by atoms with Crippen molar-refractivity contribution in [2.24, 2.45) is 0 Å². The van der Waals surface area contributed by atoms with Crippen molar-refractivity contribution in [2.45, 2.75) is 6.04 Å². The number of nitrogens with one attached hydrogen (secondary N) is 1. The Hall–Kier alpha value is -1.91. The van der Waals surface area contributed by atoms with Crippen LogP contribution in [0.2, 0.25) is 0 Å². The summed E-state index contributed by atoms with van der Waals surface area (Å²) in [6.45, 7) is -0.138. The fourth-order valence-electron chi connectivity index (χ4n) is 1.92. The number of hydrogen-bond acceptors (Lipinski definition) is 2. The van der Waals surface area contributed by atoms with E-state index >= 15 is 0 Å². The Morgan fingerprint density at radius 1 is 1.19 bits per heavy atom. The number of halogens is 1. The minimum absolute atomic E-state index is 0.138. The molecule has 0 radical (unpaired) electrons. The predicted molar refractivity (Wildman–Crippen MR) is 87.6 cm³/mol. The number of rotatable bonds is 5. The number of benzene rings is 2. The number of carbonyl (C=O) groups excluding carboxylic acids is 1. The van der Waals surface area contributed by atoms with E-state index in [1.165, 1.54) is 6.08 Å². The van der Waals surface area contributed by atoms with E-state index in [-0.39, 0.29) is 12.5 Å². The van der Waals surface area contributed by atoms with E-state index in [0.717, 1.165) is 15.6 Å². The van der Waals surface area contributed by atoms with Gasteiger partial charge in [0, 0.05) is 10.5 Å². The number of aliphatic hydroxyl groups excluding tert-OH is 1. The topological polar surface area (TPSA) is 49.3 Å². The molecule has 0 heterocycles. The van der Waals surface area contributed by atoms with Crippen LogP contribution in [-0.4, -0.2) is 17.6 Å². The number of hydrogen-bond donors (Lipinski definition) is 2. The van der Waals surface area contributed by atoms with Crippen molar-refractivity contribution in [3.63, 3.8) is 0 Å². The molecular weight excluding hydrogens is 330 g/mol. The van der Waals surface area contributed by atoms with Gasteiger partial charge in [-0.1, -0.05) is 58.4 Å². The average molecular weight is 346 g/mol. The number of carbonyl (C=O) groups is 1. The molecule has 4 heteroatoms. The van der Waals surface area contributed by atoms with Crippen molar-refractivity contribution in [1.29, 1.82) is 0 Å². The van der Waals surface area contributed by atoms with Crippen molar-refractivity contribution in [3.8, 4) is 0 Å². The number of amides is 1. The molecule has 2 aromatic rings. The third-order valence-electron chi connectivity index (χ3n) is 2.98. The van der Waals surface area contributed by atoms with Crippen LogP contribution < -0.4 is 5.32 Å². The zero-order valence-corrected chi connectivity index (χ0v) is 13.0. The van der Waals surface area contributed by atoms with E-state index in [1.54, 1.807) is 6.08 Å². The first kappa shape index (κ1) is 15.5. The highest BCUT2D eigenvalue weighted by Gasteiger charge is 2.11. The van der Waals surface area contributed by atoms with Gasteiger partial charge in [-0.25, -0.2) is 0 Å². The van der Waals surface area contributed by atoms with Crippen LogP contribution in [0.3, 0.4) is 0 Å². The zero-order chi connectivity index (χ0) is 15.1. The second-order valence-electron chi connectivity index (χ2n) is 4.54. The Morgan fingerprint density at radius 3 is 2.62 bits per heavy atom. The lowest BCUT2D eigenvalue weighted by Gasteiger charge is -2.15. The van der Waals surface area contributed by atoms with Crippen LogP contribution in [0.25, 0.3) is 6.08 Å². The molecule has 108 valence electrons. The molecule has 2 rings (SSSR count). The minimum atomic E-state index is -0.397. The van der Waals surface area contributed by atoms with E-state index in [9.17, 15) is 9.90 Å². The molecule has 0 aliphatic rings. The van der Waals surface area contributed by atoms with E-state index in [1.807, 2.05) is 54.6 Å². The third-order valence-corrected chi connectivity index (χ3v) is 3.47. The summed E-state index contributed by atoms with van der Waals surface area (Å²) in [5.41, 5.74) is 1.81. The maximum Gasteiger partial charge on any atom is 0.244 e. The van der Waals surface area contributed by atoms with Gasteiger partial charge < -0.3 is 10.4 Å². The molecule has 0 bridgehead atoms. The van der Waals surface area contributed by atoms with Gasteiger partial charge in [0.05, 0.1) is 12.6 Å². The summed E-state index contributed by atoms with van der Waals surface area (Å²) in [6.07, 6.45) is 3.20. The fraction of sp³-hybridized carbons (Fsp3) is 0.118. The molecule has 0 aromatic heterocycles. The Balaban J connectivity index is 2.00. The summed E-state index contributed by atoms with van der Waals surface area (Å²) in [7, 11) is 0. The SMILES string of the molecule is O=C(C=Cc1cccc(Br)c1)NC(CO)c1ccccc1. The van der Waals surface area contributed by atoms with Crippen molar-refractivity contribution < 1.29 is 9.90 Å². The molecule has 1 unspecified atom stereocenters. The van der Waals surface area contributed by atoms with Crippen molar-refractivity contribution in [2.75, 3.05) is 6.61 Å². The summed E-state index contributed by atoms with van der Waals surface area (Å²) in [5.74, 6) is -0.238. The predicted octanol–water partition coefficient (Wildman–Crippen LogP) is 3.31. The molecule has 0 aliphatic heterocycles. The van der Waals surface area contributed by atoms with Gasteiger partial charge in [-0.2, -0.15) is 0 Å². The summed E-state index contributed by atoms with van der Waals surface area (Å²) in [4.78, 5) is 11.9. The van der Waals surface area contributed by atoms with E-state index in [4.69, 9.17) is 0 Å². The van der Waals surface area contributed by atoms with E-state index in [2.05, 4.69) is 21.2 Å². The molecule has 0 fully saturated rings. The van der Waals surface area contributed by atoms with Crippen LogP contribution >= 0.6 is 15.9 Å². The van der Waals surface area contributed by atoms with Gasteiger partial charge in [0.1, 0.15) is 0 Å². The molecule has 3 nitrogen and oxygen atoms in total. The lowest BCUT2D eigenvalue weighted by atomic mass is 10.1. The van der Waals surface area contributed by atoms with Crippen LogP contribution in [0.1, 0.15) is 17.2 Å². The average Bonchev–Trinajstić information content (AvgIpc) is 2.51. The van der Waals surface area contributed by atoms with Crippen LogP contribution in [-0.2, 0) is 4.79 Å². The maximum atomic E-state index is 11.9. The molecule has 2 aromatic carbocycles. The molecule has 1 atom stereocenters. The third kappa shape index (κ3) is 4.85. The number of aliphatic hydroxyl groups is 1. The van der Waals surface area contributed by atoms with Gasteiger partial charge in [0.25, 0.3) is 0 Å². The molecule has 0 saturated heterocycles. The van der Waals surface area contributed by atoms with Gasteiger partial charge in [-0.15, -0.1) is 0 Å². The Kier molecular flexibility index (Phi) is 5.72. The molecule has 0 aliphatic carbocycles. The smallest absolute Gasteiger partial charge is 0.244 e. The highest BCUT2D eigenvalue weighted by atomic mass is 79.9. The Bertz CT molecular complexity index is 626.